The number of benzene rings is 1. The van der Waals surface area contributed by atoms with Crippen molar-refractivity contribution in [3.63, 3.8) is 0 Å². The van der Waals surface area contributed by atoms with Crippen molar-refractivity contribution in [3.05, 3.63) is 18.2 Å². The van der Waals surface area contributed by atoms with Crippen LogP contribution >= 0.6 is 0 Å². The van der Waals surface area contributed by atoms with Gasteiger partial charge in [-0.2, -0.15) is 0 Å². The minimum atomic E-state index is -0.942. The Labute approximate surface area is 128 Å². The summed E-state index contributed by atoms with van der Waals surface area (Å²) in [7, 11) is 0.577. The van der Waals surface area contributed by atoms with Crippen LogP contribution in [0.5, 0.6) is 5.75 Å². The van der Waals surface area contributed by atoms with E-state index in [-0.39, 0.29) is 12.3 Å². The van der Waals surface area contributed by atoms with E-state index in [1.807, 2.05) is 0 Å². The van der Waals surface area contributed by atoms with Crippen LogP contribution in [-0.2, 0) is 15.6 Å². The topological polar surface area (TPSA) is 81.4 Å². The lowest BCUT2D eigenvalue weighted by atomic mass is 10.2. The van der Waals surface area contributed by atoms with Crippen molar-refractivity contribution in [1.82, 2.24) is 0 Å². The molecule has 5 nitrogen and oxygen atoms in total. The van der Waals surface area contributed by atoms with E-state index >= 15 is 0 Å². The number of hydrogen-bond donors (Lipinski definition) is 2. The fraction of sp³-hybridized carbons (Fsp3) is 0.533. The van der Waals surface area contributed by atoms with E-state index in [2.05, 4.69) is 19.2 Å². The van der Waals surface area contributed by atoms with Gasteiger partial charge >= 0.3 is 0 Å². The number of nitrogens with one attached hydrogen (secondary N) is 1. The van der Waals surface area contributed by atoms with Crippen LogP contribution in [0.4, 0.5) is 11.4 Å². The van der Waals surface area contributed by atoms with Crippen LogP contribution in [0.2, 0.25) is 0 Å². The van der Waals surface area contributed by atoms with Crippen molar-refractivity contribution in [1.29, 1.82) is 0 Å². The molecule has 118 valence electrons. The standard InChI is InChI=1S/C15H24N2O3S/c1-11(2)6-8-21(19)9-7-15(18)17-13-5-4-12(16)10-14(13)20-3/h4-5,10-11H,6-9,16H2,1-3H3,(H,17,18). The Morgan fingerprint density at radius 1 is 1.38 bits per heavy atom. The van der Waals surface area contributed by atoms with Gasteiger partial charge in [0, 0.05) is 40.5 Å². The van der Waals surface area contributed by atoms with E-state index in [1.165, 1.54) is 7.11 Å². The van der Waals surface area contributed by atoms with E-state index in [1.54, 1.807) is 18.2 Å². The summed E-state index contributed by atoms with van der Waals surface area (Å²) < 4.78 is 16.9. The van der Waals surface area contributed by atoms with Gasteiger partial charge in [-0.05, 0) is 24.5 Å². The van der Waals surface area contributed by atoms with Crippen molar-refractivity contribution in [2.75, 3.05) is 29.7 Å². The van der Waals surface area contributed by atoms with Gasteiger partial charge in [0.2, 0.25) is 5.91 Å². The van der Waals surface area contributed by atoms with Crippen molar-refractivity contribution in [3.8, 4) is 5.75 Å². The van der Waals surface area contributed by atoms with Crippen LogP contribution in [0, 0.1) is 5.92 Å². The van der Waals surface area contributed by atoms with Crippen LogP contribution in [0.3, 0.4) is 0 Å². The van der Waals surface area contributed by atoms with Crippen molar-refractivity contribution in [2.24, 2.45) is 5.92 Å². The Balaban J connectivity index is 2.45. The van der Waals surface area contributed by atoms with E-state index in [4.69, 9.17) is 10.5 Å². The van der Waals surface area contributed by atoms with Gasteiger partial charge in [0.25, 0.3) is 0 Å². The van der Waals surface area contributed by atoms with E-state index in [0.29, 0.717) is 34.5 Å². The Kier molecular flexibility index (Phi) is 7.22. The highest BCUT2D eigenvalue weighted by Gasteiger charge is 2.10. The lowest BCUT2D eigenvalue weighted by Crippen LogP contribution is -2.16. The first-order chi connectivity index (χ1) is 9.92. The predicted molar refractivity (Wildman–Crippen MR) is 88.0 cm³/mol. The fourth-order valence-corrected chi connectivity index (χ4v) is 3.05. The summed E-state index contributed by atoms with van der Waals surface area (Å²) >= 11 is 0. The second-order valence-corrected chi connectivity index (χ2v) is 6.98. The molecular weight excluding hydrogens is 288 g/mol. The first kappa shape index (κ1) is 17.5. The van der Waals surface area contributed by atoms with Gasteiger partial charge in [0.1, 0.15) is 5.75 Å². The van der Waals surface area contributed by atoms with E-state index < -0.39 is 10.8 Å². The van der Waals surface area contributed by atoms with Gasteiger partial charge in [0.15, 0.2) is 0 Å². The molecule has 0 bridgehead atoms. The second kappa shape index (κ2) is 8.67. The average Bonchev–Trinajstić information content (AvgIpc) is 2.44. The predicted octanol–water partition coefficient (Wildman–Crippen LogP) is 2.40. The van der Waals surface area contributed by atoms with Crippen LogP contribution in [0.1, 0.15) is 26.7 Å². The number of nitrogen functional groups attached to an aromatic ring is 1. The molecule has 0 aliphatic heterocycles. The summed E-state index contributed by atoms with van der Waals surface area (Å²) in [6.07, 6.45) is 1.15. The molecular formula is C15H24N2O3S. The summed E-state index contributed by atoms with van der Waals surface area (Å²) in [5.41, 5.74) is 6.80. The average molecular weight is 312 g/mol. The maximum absolute atomic E-state index is 11.9. The Hall–Kier alpha value is -1.56. The number of rotatable bonds is 8. The normalized spacial score (nSPS) is 12.2. The molecule has 1 atom stereocenters. The van der Waals surface area contributed by atoms with Gasteiger partial charge in [-0.1, -0.05) is 13.8 Å². The molecule has 0 heterocycles. The van der Waals surface area contributed by atoms with Crippen LogP contribution in [0.25, 0.3) is 0 Å². The minimum Gasteiger partial charge on any atom is -0.494 e. The monoisotopic (exact) mass is 312 g/mol. The highest BCUT2D eigenvalue weighted by atomic mass is 32.2. The lowest BCUT2D eigenvalue weighted by molar-refractivity contribution is -0.115. The largest absolute Gasteiger partial charge is 0.494 e. The van der Waals surface area contributed by atoms with E-state index in [9.17, 15) is 9.00 Å². The molecule has 0 aromatic heterocycles. The molecule has 1 unspecified atom stereocenters. The second-order valence-electron chi connectivity index (χ2n) is 5.29. The smallest absolute Gasteiger partial charge is 0.225 e. The lowest BCUT2D eigenvalue weighted by Gasteiger charge is -2.11. The fourth-order valence-electron chi connectivity index (χ4n) is 1.70. The Bertz CT molecular complexity index is 504. The van der Waals surface area contributed by atoms with Gasteiger partial charge in [-0.25, -0.2) is 0 Å². The highest BCUT2D eigenvalue weighted by molar-refractivity contribution is 7.84. The molecule has 0 saturated carbocycles. The molecule has 0 saturated heterocycles. The summed E-state index contributed by atoms with van der Waals surface area (Å²) in [5.74, 6) is 1.91. The summed E-state index contributed by atoms with van der Waals surface area (Å²) in [6, 6.07) is 5.04. The minimum absolute atomic E-state index is 0.170. The number of carbonyl (C=O) groups is 1. The number of amides is 1. The van der Waals surface area contributed by atoms with Crippen LogP contribution in [0.15, 0.2) is 18.2 Å². The first-order valence-electron chi connectivity index (χ1n) is 7.00. The molecule has 6 heteroatoms. The number of ether oxygens (including phenoxy) is 1. The van der Waals surface area contributed by atoms with E-state index in [0.717, 1.165) is 6.42 Å². The first-order valence-corrected chi connectivity index (χ1v) is 8.49. The summed E-state index contributed by atoms with van der Waals surface area (Å²) in [5, 5.41) is 2.75. The van der Waals surface area contributed by atoms with Crippen LogP contribution < -0.4 is 15.8 Å². The van der Waals surface area contributed by atoms with Crippen molar-refractivity contribution < 1.29 is 13.7 Å². The third kappa shape index (κ3) is 6.62. The zero-order valence-electron chi connectivity index (χ0n) is 12.8. The number of carbonyl (C=O) groups excluding carboxylic acids is 1. The number of methoxy groups -OCH3 is 1. The molecule has 1 aromatic rings. The molecule has 21 heavy (non-hydrogen) atoms. The highest BCUT2D eigenvalue weighted by Crippen LogP contribution is 2.26. The van der Waals surface area contributed by atoms with Gasteiger partial charge < -0.3 is 15.8 Å². The van der Waals surface area contributed by atoms with Crippen LogP contribution in [-0.4, -0.2) is 28.7 Å². The zero-order chi connectivity index (χ0) is 15.8. The molecule has 0 spiro atoms. The Morgan fingerprint density at radius 2 is 2.10 bits per heavy atom. The summed E-state index contributed by atoms with van der Waals surface area (Å²) in [6.45, 7) is 4.19. The number of nitrogens with two attached hydrogens (primary N) is 1. The number of hydrogen-bond acceptors (Lipinski definition) is 4. The molecule has 0 aliphatic carbocycles. The molecule has 3 N–H and O–H groups in total. The molecule has 1 rings (SSSR count). The van der Waals surface area contributed by atoms with Gasteiger partial charge in [0.05, 0.1) is 12.8 Å². The third-order valence-corrected chi connectivity index (χ3v) is 4.33. The number of anilines is 2. The molecule has 0 fully saturated rings. The maximum atomic E-state index is 11.9. The van der Waals surface area contributed by atoms with Gasteiger partial charge in [-0.15, -0.1) is 0 Å². The molecule has 1 amide bonds. The van der Waals surface area contributed by atoms with Crippen molar-refractivity contribution in [2.45, 2.75) is 26.7 Å². The molecule has 0 aliphatic rings. The summed E-state index contributed by atoms with van der Waals surface area (Å²) in [4.78, 5) is 11.9. The van der Waals surface area contributed by atoms with Crippen molar-refractivity contribution >= 4 is 28.1 Å². The molecule has 1 aromatic carbocycles. The zero-order valence-corrected chi connectivity index (χ0v) is 13.7. The van der Waals surface area contributed by atoms with Gasteiger partial charge in [-0.3, -0.25) is 9.00 Å². The SMILES string of the molecule is COc1cc(N)ccc1NC(=O)CCS(=O)CCC(C)C. The third-order valence-electron chi connectivity index (χ3n) is 2.98. The Morgan fingerprint density at radius 3 is 2.71 bits per heavy atom. The quantitative estimate of drug-likeness (QED) is 0.722. The maximum Gasteiger partial charge on any atom is 0.225 e. The molecule has 0 radical (unpaired) electrons.